The first-order valence-electron chi connectivity index (χ1n) is 8.69. The summed E-state index contributed by atoms with van der Waals surface area (Å²) in [6.07, 6.45) is 0.0875. The molecule has 3 rings (SSSR count). The van der Waals surface area contributed by atoms with Crippen molar-refractivity contribution in [1.29, 1.82) is 0 Å². The Kier molecular flexibility index (Phi) is 4.99. The molecule has 0 unspecified atom stereocenters. The van der Waals surface area contributed by atoms with Crippen LogP contribution < -0.4 is 9.47 Å². The normalized spacial score (nSPS) is 33.3. The van der Waals surface area contributed by atoms with Crippen LogP contribution in [-0.4, -0.2) is 44.1 Å². The largest absolute Gasteiger partial charge is 0.493 e. The molecule has 0 aromatic heterocycles. The Morgan fingerprint density at radius 2 is 1.76 bits per heavy atom. The number of ether oxygens (including phenoxy) is 6. The van der Waals surface area contributed by atoms with Crippen molar-refractivity contribution in [1.82, 2.24) is 0 Å². The second-order valence-corrected chi connectivity index (χ2v) is 7.12. The van der Waals surface area contributed by atoms with Crippen molar-refractivity contribution < 1.29 is 28.4 Å². The summed E-state index contributed by atoms with van der Waals surface area (Å²) < 4.78 is 34.9. The van der Waals surface area contributed by atoms with Gasteiger partial charge in [-0.2, -0.15) is 0 Å². The molecule has 140 valence electrons. The fourth-order valence-electron chi connectivity index (χ4n) is 3.58. The van der Waals surface area contributed by atoms with Crippen LogP contribution in [0.1, 0.15) is 39.7 Å². The molecule has 0 radical (unpaired) electrons. The van der Waals surface area contributed by atoms with Crippen LogP contribution in [0.15, 0.2) is 18.2 Å². The van der Waals surface area contributed by atoms with Gasteiger partial charge in [-0.1, -0.05) is 13.0 Å². The summed E-state index contributed by atoms with van der Waals surface area (Å²) in [5.41, 5.74) is 0.413. The van der Waals surface area contributed by atoms with Crippen LogP contribution in [0, 0.1) is 0 Å². The molecular formula is C19H28O6. The highest BCUT2D eigenvalue weighted by atomic mass is 16.8. The lowest BCUT2D eigenvalue weighted by molar-refractivity contribution is -0.235. The van der Waals surface area contributed by atoms with Gasteiger partial charge in [0.15, 0.2) is 23.6 Å². The maximum Gasteiger partial charge on any atom is 0.190 e. The zero-order valence-corrected chi connectivity index (χ0v) is 15.8. The summed E-state index contributed by atoms with van der Waals surface area (Å²) in [7, 11) is 3.24. The van der Waals surface area contributed by atoms with E-state index >= 15 is 0 Å². The Hall–Kier alpha value is -1.34. The standard InChI is InChI=1S/C19H28O6/c1-7-15-19(4,16-17(23-15)25-18(2,3)24-16)22-11-12-8-9-13(20-5)14(10-12)21-6/h8-10,15-17H,7,11H2,1-6H3/t15-,16+,17-,19-/m1/s1. The number of benzene rings is 1. The van der Waals surface area contributed by atoms with Crippen molar-refractivity contribution in [3.8, 4) is 11.5 Å². The van der Waals surface area contributed by atoms with Crippen LogP contribution >= 0.6 is 0 Å². The SMILES string of the molecule is CC[C@H]1O[C@@H]2OC(C)(C)O[C@@H]2[C@]1(C)OCc1ccc(OC)c(OC)c1. The van der Waals surface area contributed by atoms with Crippen LogP contribution in [0.2, 0.25) is 0 Å². The van der Waals surface area contributed by atoms with E-state index < -0.39 is 17.7 Å². The van der Waals surface area contributed by atoms with Gasteiger partial charge in [-0.3, -0.25) is 0 Å². The highest BCUT2D eigenvalue weighted by molar-refractivity contribution is 5.42. The smallest absolute Gasteiger partial charge is 0.190 e. The molecule has 0 saturated carbocycles. The maximum atomic E-state index is 6.33. The molecule has 2 fully saturated rings. The van der Waals surface area contributed by atoms with Gasteiger partial charge in [-0.25, -0.2) is 0 Å². The van der Waals surface area contributed by atoms with Gasteiger partial charge in [0.1, 0.15) is 11.7 Å². The monoisotopic (exact) mass is 352 g/mol. The van der Waals surface area contributed by atoms with E-state index in [0.29, 0.717) is 18.1 Å². The van der Waals surface area contributed by atoms with Crippen LogP contribution in [-0.2, 0) is 25.6 Å². The van der Waals surface area contributed by atoms with Gasteiger partial charge in [-0.15, -0.1) is 0 Å². The minimum atomic E-state index is -0.665. The second kappa shape index (κ2) is 6.76. The summed E-state index contributed by atoms with van der Waals surface area (Å²) >= 11 is 0. The predicted octanol–water partition coefficient (Wildman–Crippen LogP) is 3.27. The van der Waals surface area contributed by atoms with Gasteiger partial charge in [-0.05, 0) is 44.9 Å². The van der Waals surface area contributed by atoms with Gasteiger partial charge in [0, 0.05) is 0 Å². The first-order chi connectivity index (χ1) is 11.8. The van der Waals surface area contributed by atoms with Gasteiger partial charge in [0.2, 0.25) is 0 Å². The van der Waals surface area contributed by atoms with Crippen LogP contribution in [0.3, 0.4) is 0 Å². The van der Waals surface area contributed by atoms with Crippen molar-refractivity contribution in [3.05, 3.63) is 23.8 Å². The molecule has 0 aliphatic carbocycles. The molecule has 2 heterocycles. The zero-order chi connectivity index (χ0) is 18.2. The van der Waals surface area contributed by atoms with E-state index in [0.717, 1.165) is 12.0 Å². The summed E-state index contributed by atoms with van der Waals surface area (Å²) in [4.78, 5) is 0. The Labute approximate surface area is 149 Å². The topological polar surface area (TPSA) is 55.4 Å². The van der Waals surface area contributed by atoms with E-state index in [1.165, 1.54) is 0 Å². The number of hydrogen-bond acceptors (Lipinski definition) is 6. The van der Waals surface area contributed by atoms with Gasteiger partial charge >= 0.3 is 0 Å². The molecule has 25 heavy (non-hydrogen) atoms. The van der Waals surface area contributed by atoms with E-state index in [-0.39, 0.29) is 12.2 Å². The maximum absolute atomic E-state index is 6.33. The Bertz CT molecular complexity index is 616. The molecule has 0 amide bonds. The van der Waals surface area contributed by atoms with Gasteiger partial charge in [0.25, 0.3) is 0 Å². The molecular weight excluding hydrogens is 324 g/mol. The minimum absolute atomic E-state index is 0.0845. The van der Waals surface area contributed by atoms with Crippen LogP contribution in [0.4, 0.5) is 0 Å². The minimum Gasteiger partial charge on any atom is -0.493 e. The third-order valence-corrected chi connectivity index (χ3v) is 4.93. The molecule has 2 saturated heterocycles. The predicted molar refractivity (Wildman–Crippen MR) is 91.7 cm³/mol. The zero-order valence-electron chi connectivity index (χ0n) is 15.8. The van der Waals surface area contributed by atoms with E-state index in [1.54, 1.807) is 14.2 Å². The molecule has 6 nitrogen and oxygen atoms in total. The molecule has 2 aliphatic rings. The molecule has 1 aromatic carbocycles. The molecule has 1 aromatic rings. The van der Waals surface area contributed by atoms with E-state index in [2.05, 4.69) is 6.92 Å². The first kappa shape index (κ1) is 18.5. The summed E-state index contributed by atoms with van der Waals surface area (Å²) in [5.74, 6) is 0.715. The van der Waals surface area contributed by atoms with Crippen molar-refractivity contribution >= 4 is 0 Å². The Morgan fingerprint density at radius 1 is 1.04 bits per heavy atom. The van der Waals surface area contributed by atoms with Gasteiger partial charge < -0.3 is 28.4 Å². The van der Waals surface area contributed by atoms with Crippen LogP contribution in [0.25, 0.3) is 0 Å². The summed E-state index contributed by atoms with van der Waals surface area (Å²) in [6.45, 7) is 8.32. The Morgan fingerprint density at radius 3 is 2.40 bits per heavy atom. The fourth-order valence-corrected chi connectivity index (χ4v) is 3.58. The van der Waals surface area contributed by atoms with Crippen molar-refractivity contribution in [2.24, 2.45) is 0 Å². The van der Waals surface area contributed by atoms with Gasteiger partial charge in [0.05, 0.1) is 26.9 Å². The third-order valence-electron chi connectivity index (χ3n) is 4.93. The summed E-state index contributed by atoms with van der Waals surface area (Å²) in [5, 5.41) is 0. The van der Waals surface area contributed by atoms with Crippen molar-refractivity contribution in [2.75, 3.05) is 14.2 Å². The molecule has 2 aliphatic heterocycles. The second-order valence-electron chi connectivity index (χ2n) is 7.12. The van der Waals surface area contributed by atoms with Crippen molar-refractivity contribution in [2.45, 2.75) is 70.6 Å². The average Bonchev–Trinajstić information content (AvgIpc) is 3.03. The number of methoxy groups -OCH3 is 2. The Balaban J connectivity index is 1.76. The lowest BCUT2D eigenvalue weighted by Crippen LogP contribution is -2.48. The number of fused-ring (bicyclic) bond motifs is 1. The first-order valence-corrected chi connectivity index (χ1v) is 8.69. The number of rotatable bonds is 6. The average molecular weight is 352 g/mol. The van der Waals surface area contributed by atoms with Crippen LogP contribution in [0.5, 0.6) is 11.5 Å². The lowest BCUT2D eigenvalue weighted by atomic mass is 9.92. The fraction of sp³-hybridized carbons (Fsp3) is 0.684. The quantitative estimate of drug-likeness (QED) is 0.783. The van der Waals surface area contributed by atoms with Crippen molar-refractivity contribution in [3.63, 3.8) is 0 Å². The molecule has 4 atom stereocenters. The third kappa shape index (κ3) is 3.36. The summed E-state index contributed by atoms with van der Waals surface area (Å²) in [6, 6.07) is 5.77. The highest BCUT2D eigenvalue weighted by Crippen LogP contribution is 2.46. The molecule has 0 spiro atoms. The molecule has 0 N–H and O–H groups in total. The molecule has 6 heteroatoms. The molecule has 0 bridgehead atoms. The van der Waals surface area contributed by atoms with E-state index in [1.807, 2.05) is 39.0 Å². The lowest BCUT2D eigenvalue weighted by Gasteiger charge is -2.34. The number of hydrogen-bond donors (Lipinski definition) is 0. The highest BCUT2D eigenvalue weighted by Gasteiger charge is 2.61. The van der Waals surface area contributed by atoms with E-state index in [4.69, 9.17) is 28.4 Å². The van der Waals surface area contributed by atoms with E-state index in [9.17, 15) is 0 Å².